The van der Waals surface area contributed by atoms with Crippen LogP contribution in [0.3, 0.4) is 0 Å². The van der Waals surface area contributed by atoms with Gasteiger partial charge >= 0.3 is 0 Å². The summed E-state index contributed by atoms with van der Waals surface area (Å²) in [7, 11) is 0. The highest BCUT2D eigenvalue weighted by atomic mass is 32.1. The number of hydrogen-bond donors (Lipinski definition) is 1. The van der Waals surface area contributed by atoms with Gasteiger partial charge in [0.05, 0.1) is 11.4 Å². The van der Waals surface area contributed by atoms with Gasteiger partial charge in [-0.25, -0.2) is 9.37 Å². The van der Waals surface area contributed by atoms with Crippen LogP contribution >= 0.6 is 11.3 Å². The Morgan fingerprint density at radius 3 is 2.94 bits per heavy atom. The average molecular weight is 238 g/mol. The normalized spacial score (nSPS) is 10.4. The monoisotopic (exact) mass is 238 g/mol. The molecule has 0 spiro atoms. The number of aromatic nitrogens is 1. The van der Waals surface area contributed by atoms with Crippen molar-refractivity contribution in [2.75, 3.05) is 5.73 Å². The van der Waals surface area contributed by atoms with Gasteiger partial charge < -0.3 is 10.5 Å². The SMILES string of the molecule is CCc1csc(Oc2ccc(N)c(F)c2)n1. The van der Waals surface area contributed by atoms with Gasteiger partial charge in [-0.05, 0) is 18.6 Å². The first-order chi connectivity index (χ1) is 7.69. The lowest BCUT2D eigenvalue weighted by atomic mass is 10.3. The number of thiazole rings is 1. The number of ether oxygens (including phenoxy) is 1. The van der Waals surface area contributed by atoms with Crippen molar-refractivity contribution in [3.63, 3.8) is 0 Å². The summed E-state index contributed by atoms with van der Waals surface area (Å²) in [5.74, 6) is -0.0755. The Balaban J connectivity index is 2.17. The van der Waals surface area contributed by atoms with E-state index in [1.807, 2.05) is 12.3 Å². The van der Waals surface area contributed by atoms with Crippen LogP contribution in [0.4, 0.5) is 10.1 Å². The highest BCUT2D eigenvalue weighted by Gasteiger charge is 2.05. The van der Waals surface area contributed by atoms with Crippen LogP contribution in [0.15, 0.2) is 23.6 Å². The molecule has 0 saturated heterocycles. The fourth-order valence-electron chi connectivity index (χ4n) is 1.17. The van der Waals surface area contributed by atoms with E-state index in [0.717, 1.165) is 12.1 Å². The van der Waals surface area contributed by atoms with Crippen LogP contribution in [-0.4, -0.2) is 4.98 Å². The maximum atomic E-state index is 13.1. The van der Waals surface area contributed by atoms with Crippen LogP contribution in [0.25, 0.3) is 0 Å². The molecule has 0 amide bonds. The van der Waals surface area contributed by atoms with E-state index in [2.05, 4.69) is 4.98 Å². The first kappa shape index (κ1) is 10.9. The highest BCUT2D eigenvalue weighted by molar-refractivity contribution is 7.11. The quantitative estimate of drug-likeness (QED) is 0.835. The number of nitrogens with zero attached hydrogens (tertiary/aromatic N) is 1. The topological polar surface area (TPSA) is 48.1 Å². The zero-order valence-electron chi connectivity index (χ0n) is 8.74. The van der Waals surface area contributed by atoms with Gasteiger partial charge in [-0.1, -0.05) is 18.3 Å². The molecule has 3 nitrogen and oxygen atoms in total. The Morgan fingerprint density at radius 1 is 1.50 bits per heavy atom. The molecule has 0 saturated carbocycles. The minimum atomic E-state index is -0.482. The highest BCUT2D eigenvalue weighted by Crippen LogP contribution is 2.27. The third-order valence-electron chi connectivity index (χ3n) is 2.07. The van der Waals surface area contributed by atoms with Crippen molar-refractivity contribution in [3.05, 3.63) is 35.1 Å². The molecule has 16 heavy (non-hydrogen) atoms. The molecule has 1 aromatic heterocycles. The molecule has 2 rings (SSSR count). The third kappa shape index (κ3) is 2.30. The molecular formula is C11H11FN2OS. The van der Waals surface area contributed by atoms with Crippen molar-refractivity contribution in [1.29, 1.82) is 0 Å². The summed E-state index contributed by atoms with van der Waals surface area (Å²) in [6, 6.07) is 4.34. The van der Waals surface area contributed by atoms with Gasteiger partial charge in [0.2, 0.25) is 0 Å². The first-order valence-corrected chi connectivity index (χ1v) is 5.74. The van der Waals surface area contributed by atoms with E-state index >= 15 is 0 Å². The predicted octanol–water partition coefficient (Wildman–Crippen LogP) is 3.22. The van der Waals surface area contributed by atoms with Crippen LogP contribution in [0.5, 0.6) is 10.9 Å². The maximum absolute atomic E-state index is 13.1. The molecule has 0 fully saturated rings. The van der Waals surface area contributed by atoms with Gasteiger partial charge in [-0.15, -0.1) is 0 Å². The van der Waals surface area contributed by atoms with Gasteiger partial charge in [0, 0.05) is 11.4 Å². The zero-order chi connectivity index (χ0) is 11.5. The van der Waals surface area contributed by atoms with Gasteiger partial charge in [0.1, 0.15) is 11.6 Å². The van der Waals surface area contributed by atoms with E-state index in [4.69, 9.17) is 10.5 Å². The lowest BCUT2D eigenvalue weighted by Crippen LogP contribution is -1.91. The fraction of sp³-hybridized carbons (Fsp3) is 0.182. The molecule has 0 bridgehead atoms. The Hall–Kier alpha value is -1.62. The second-order valence-corrected chi connectivity index (χ2v) is 4.06. The number of benzene rings is 1. The second-order valence-electron chi connectivity index (χ2n) is 3.24. The van der Waals surface area contributed by atoms with Crippen molar-refractivity contribution in [1.82, 2.24) is 4.98 Å². The minimum absolute atomic E-state index is 0.112. The summed E-state index contributed by atoms with van der Waals surface area (Å²) in [6.07, 6.45) is 0.857. The Labute approximate surface area is 96.7 Å². The van der Waals surface area contributed by atoms with Crippen molar-refractivity contribution >= 4 is 17.0 Å². The predicted molar refractivity (Wildman–Crippen MR) is 62.4 cm³/mol. The minimum Gasteiger partial charge on any atom is -0.431 e. The van der Waals surface area contributed by atoms with E-state index in [1.165, 1.54) is 23.5 Å². The number of halogens is 1. The molecular weight excluding hydrogens is 227 g/mol. The van der Waals surface area contributed by atoms with Crippen molar-refractivity contribution in [3.8, 4) is 10.9 Å². The Kier molecular flexibility index (Phi) is 3.05. The van der Waals surface area contributed by atoms with E-state index in [1.54, 1.807) is 6.07 Å². The van der Waals surface area contributed by atoms with Crippen molar-refractivity contribution in [2.45, 2.75) is 13.3 Å². The summed E-state index contributed by atoms with van der Waals surface area (Å²) in [6.45, 7) is 2.02. The largest absolute Gasteiger partial charge is 0.431 e. The summed E-state index contributed by atoms with van der Waals surface area (Å²) >= 11 is 1.39. The first-order valence-electron chi connectivity index (χ1n) is 4.86. The number of nitrogen functional groups attached to an aromatic ring is 1. The number of nitrogens with two attached hydrogens (primary N) is 1. The Bertz CT molecular complexity index is 498. The number of hydrogen-bond acceptors (Lipinski definition) is 4. The molecule has 0 aliphatic carbocycles. The lowest BCUT2D eigenvalue weighted by molar-refractivity contribution is 0.472. The van der Waals surface area contributed by atoms with Crippen LogP contribution in [-0.2, 0) is 6.42 Å². The third-order valence-corrected chi connectivity index (χ3v) is 2.84. The lowest BCUT2D eigenvalue weighted by Gasteiger charge is -2.02. The molecule has 0 unspecified atom stereocenters. The second kappa shape index (κ2) is 4.49. The fourth-order valence-corrected chi connectivity index (χ4v) is 1.94. The standard InChI is InChI=1S/C11H11FN2OS/c1-2-7-6-16-11(14-7)15-8-3-4-10(13)9(12)5-8/h3-6H,2,13H2,1H3. The maximum Gasteiger partial charge on any atom is 0.278 e. The van der Waals surface area contributed by atoms with Crippen molar-refractivity contribution in [2.24, 2.45) is 0 Å². The zero-order valence-corrected chi connectivity index (χ0v) is 9.55. The van der Waals surface area contributed by atoms with Crippen molar-refractivity contribution < 1.29 is 9.13 Å². The van der Waals surface area contributed by atoms with Crippen LogP contribution in [0.2, 0.25) is 0 Å². The van der Waals surface area contributed by atoms with Crippen LogP contribution in [0.1, 0.15) is 12.6 Å². The average Bonchev–Trinajstić information content (AvgIpc) is 2.71. The number of rotatable bonds is 3. The molecule has 2 N–H and O–H groups in total. The Morgan fingerprint density at radius 2 is 2.31 bits per heavy atom. The molecule has 0 aliphatic heterocycles. The van der Waals surface area contributed by atoms with E-state index < -0.39 is 5.82 Å². The molecule has 5 heteroatoms. The van der Waals surface area contributed by atoms with Gasteiger partial charge in [0.25, 0.3) is 5.19 Å². The molecule has 1 aromatic carbocycles. The summed E-state index contributed by atoms with van der Waals surface area (Å²) in [5, 5.41) is 2.43. The van der Waals surface area contributed by atoms with Crippen LogP contribution < -0.4 is 10.5 Å². The van der Waals surface area contributed by atoms with Crippen LogP contribution in [0, 0.1) is 5.82 Å². The van der Waals surface area contributed by atoms with E-state index in [0.29, 0.717) is 10.9 Å². The molecule has 84 valence electrons. The summed E-state index contributed by atoms with van der Waals surface area (Å²) in [4.78, 5) is 4.22. The number of anilines is 1. The molecule has 0 aliphatic rings. The molecule has 0 radical (unpaired) electrons. The summed E-state index contributed by atoms with van der Waals surface area (Å²) in [5.41, 5.74) is 6.44. The smallest absolute Gasteiger partial charge is 0.278 e. The van der Waals surface area contributed by atoms with E-state index in [-0.39, 0.29) is 5.69 Å². The van der Waals surface area contributed by atoms with Gasteiger partial charge in [-0.3, -0.25) is 0 Å². The molecule has 1 heterocycles. The number of aryl methyl sites for hydroxylation is 1. The van der Waals surface area contributed by atoms with Gasteiger partial charge in [-0.2, -0.15) is 0 Å². The van der Waals surface area contributed by atoms with Gasteiger partial charge in [0.15, 0.2) is 0 Å². The summed E-state index contributed by atoms with van der Waals surface area (Å²) < 4.78 is 18.5. The molecule has 2 aromatic rings. The molecule has 0 atom stereocenters. The van der Waals surface area contributed by atoms with E-state index in [9.17, 15) is 4.39 Å².